The fourth-order valence-electron chi connectivity index (χ4n) is 5.34. The minimum absolute atomic E-state index is 0.0378. The number of halogens is 4. The lowest BCUT2D eigenvalue weighted by Crippen LogP contribution is -2.37. The van der Waals surface area contributed by atoms with Crippen LogP contribution in [0.2, 0.25) is 0 Å². The summed E-state index contributed by atoms with van der Waals surface area (Å²) < 4.78 is 67.7. The summed E-state index contributed by atoms with van der Waals surface area (Å²) >= 11 is 0. The molecule has 4 rings (SSSR count). The van der Waals surface area contributed by atoms with Crippen LogP contribution < -0.4 is 0 Å². The maximum Gasteiger partial charge on any atom is 0.159 e. The van der Waals surface area contributed by atoms with Crippen LogP contribution in [0.5, 0.6) is 0 Å². The van der Waals surface area contributed by atoms with Gasteiger partial charge in [-0.25, -0.2) is 17.6 Å². The van der Waals surface area contributed by atoms with E-state index in [1.54, 1.807) is 0 Å². The average Bonchev–Trinajstić information content (AvgIpc) is 2.81. The van der Waals surface area contributed by atoms with Crippen molar-refractivity contribution in [1.82, 2.24) is 0 Å². The standard InChI is InChI=1S/C27H32F4O2/c1-2-3-17-4-7-19(8-5-17)21-15-32-26(33-16-21)11-6-18-12-24(30)27(25(31)13-18)20-9-10-22(28)23(29)14-20/h9-10,12-14,17,19,21,26H,2-8,11,15-16H2,1H3. The lowest BCUT2D eigenvalue weighted by atomic mass is 9.75. The minimum atomic E-state index is -1.14. The highest BCUT2D eigenvalue weighted by molar-refractivity contribution is 5.65. The van der Waals surface area contributed by atoms with Crippen LogP contribution in [-0.2, 0) is 15.9 Å². The summed E-state index contributed by atoms with van der Waals surface area (Å²) in [4.78, 5) is 0. The molecule has 0 spiro atoms. The van der Waals surface area contributed by atoms with Gasteiger partial charge in [-0.05, 0) is 66.5 Å². The Morgan fingerprint density at radius 2 is 1.42 bits per heavy atom. The molecular formula is C27H32F4O2. The van der Waals surface area contributed by atoms with E-state index < -0.39 is 23.3 Å². The van der Waals surface area contributed by atoms with Gasteiger partial charge < -0.3 is 9.47 Å². The number of hydrogen-bond acceptors (Lipinski definition) is 2. The molecule has 0 unspecified atom stereocenters. The largest absolute Gasteiger partial charge is 0.352 e. The summed E-state index contributed by atoms with van der Waals surface area (Å²) in [6.45, 7) is 3.59. The first-order valence-electron chi connectivity index (χ1n) is 12.1. The van der Waals surface area contributed by atoms with Crippen molar-refractivity contribution in [2.24, 2.45) is 17.8 Å². The molecule has 1 aliphatic heterocycles. The van der Waals surface area contributed by atoms with Crippen molar-refractivity contribution in [2.75, 3.05) is 13.2 Å². The third-order valence-electron chi connectivity index (χ3n) is 7.23. The van der Waals surface area contributed by atoms with E-state index in [-0.39, 0.29) is 17.4 Å². The molecule has 0 bridgehead atoms. The number of ether oxygens (including phenoxy) is 2. The second-order valence-electron chi connectivity index (χ2n) is 9.53. The maximum absolute atomic E-state index is 14.6. The van der Waals surface area contributed by atoms with Gasteiger partial charge in [0.05, 0.1) is 18.8 Å². The van der Waals surface area contributed by atoms with Crippen molar-refractivity contribution in [1.29, 1.82) is 0 Å². The van der Waals surface area contributed by atoms with E-state index in [9.17, 15) is 17.6 Å². The molecule has 2 aliphatic rings. The summed E-state index contributed by atoms with van der Waals surface area (Å²) in [5.74, 6) is -1.86. The Morgan fingerprint density at radius 1 is 0.758 bits per heavy atom. The fraction of sp³-hybridized carbons (Fsp3) is 0.556. The quantitative estimate of drug-likeness (QED) is 0.397. The molecule has 1 aliphatic carbocycles. The van der Waals surface area contributed by atoms with Gasteiger partial charge in [0.25, 0.3) is 0 Å². The minimum Gasteiger partial charge on any atom is -0.352 e. The first-order chi connectivity index (χ1) is 15.9. The van der Waals surface area contributed by atoms with Gasteiger partial charge in [0, 0.05) is 12.3 Å². The van der Waals surface area contributed by atoms with Gasteiger partial charge in [-0.15, -0.1) is 0 Å². The monoisotopic (exact) mass is 464 g/mol. The molecule has 1 heterocycles. The zero-order valence-electron chi connectivity index (χ0n) is 19.1. The van der Waals surface area contributed by atoms with Gasteiger partial charge in [0.15, 0.2) is 17.9 Å². The Bertz CT molecular complexity index is 909. The van der Waals surface area contributed by atoms with E-state index >= 15 is 0 Å². The Labute approximate surface area is 193 Å². The Kier molecular flexibility index (Phi) is 8.07. The highest BCUT2D eigenvalue weighted by atomic mass is 19.2. The zero-order valence-corrected chi connectivity index (χ0v) is 19.1. The molecule has 2 aromatic rings. The predicted octanol–water partition coefficient (Wildman–Crippen LogP) is 7.44. The number of rotatable bonds is 7. The van der Waals surface area contributed by atoms with Gasteiger partial charge >= 0.3 is 0 Å². The SMILES string of the molecule is CCCC1CCC(C2COC(CCc3cc(F)c(-c4ccc(F)c(F)c4)c(F)c3)OC2)CC1. The third-order valence-corrected chi connectivity index (χ3v) is 7.23. The Balaban J connectivity index is 1.28. The van der Waals surface area contributed by atoms with Crippen LogP contribution in [-0.4, -0.2) is 19.5 Å². The molecular weight excluding hydrogens is 432 g/mol. The van der Waals surface area contributed by atoms with Crippen molar-refractivity contribution in [3.05, 3.63) is 59.2 Å². The van der Waals surface area contributed by atoms with E-state index in [2.05, 4.69) is 6.92 Å². The van der Waals surface area contributed by atoms with Crippen LogP contribution in [0.15, 0.2) is 30.3 Å². The molecule has 1 saturated carbocycles. The van der Waals surface area contributed by atoms with Gasteiger partial charge in [0.1, 0.15) is 11.6 Å². The van der Waals surface area contributed by atoms with E-state index in [0.717, 1.165) is 24.1 Å². The zero-order chi connectivity index (χ0) is 23.4. The molecule has 33 heavy (non-hydrogen) atoms. The molecule has 6 heteroatoms. The molecule has 0 N–H and O–H groups in total. The van der Waals surface area contributed by atoms with Crippen molar-refractivity contribution in [2.45, 2.75) is 64.6 Å². The molecule has 0 aromatic heterocycles. The number of aryl methyl sites for hydroxylation is 1. The van der Waals surface area contributed by atoms with E-state index in [1.807, 2.05) is 0 Å². The smallest absolute Gasteiger partial charge is 0.159 e. The van der Waals surface area contributed by atoms with Crippen molar-refractivity contribution >= 4 is 0 Å². The second kappa shape index (κ2) is 11.0. The lowest BCUT2D eigenvalue weighted by molar-refractivity contribution is -0.212. The van der Waals surface area contributed by atoms with Crippen LogP contribution in [0, 0.1) is 41.0 Å². The Hall–Kier alpha value is -1.92. The number of hydrogen-bond donors (Lipinski definition) is 0. The molecule has 2 fully saturated rings. The molecule has 1 saturated heterocycles. The second-order valence-corrected chi connectivity index (χ2v) is 9.53. The van der Waals surface area contributed by atoms with Crippen LogP contribution in [0.1, 0.15) is 57.4 Å². The first-order valence-corrected chi connectivity index (χ1v) is 12.1. The number of benzene rings is 2. The normalized spacial score (nSPS) is 25.8. The summed E-state index contributed by atoms with van der Waals surface area (Å²) in [7, 11) is 0. The predicted molar refractivity (Wildman–Crippen MR) is 120 cm³/mol. The highest BCUT2D eigenvalue weighted by Crippen LogP contribution is 2.37. The van der Waals surface area contributed by atoms with Crippen LogP contribution in [0.3, 0.4) is 0 Å². The molecule has 180 valence electrons. The van der Waals surface area contributed by atoms with Gasteiger partial charge in [-0.3, -0.25) is 0 Å². The molecule has 0 radical (unpaired) electrons. The van der Waals surface area contributed by atoms with E-state index in [4.69, 9.17) is 9.47 Å². The fourth-order valence-corrected chi connectivity index (χ4v) is 5.34. The van der Waals surface area contributed by atoms with Crippen molar-refractivity contribution in [3.63, 3.8) is 0 Å². The summed E-state index contributed by atoms with van der Waals surface area (Å²) in [5, 5.41) is 0. The van der Waals surface area contributed by atoms with E-state index in [1.165, 1.54) is 50.7 Å². The molecule has 0 atom stereocenters. The maximum atomic E-state index is 14.6. The summed E-state index contributed by atoms with van der Waals surface area (Å²) in [5.41, 5.74) is 0.0726. The highest BCUT2D eigenvalue weighted by Gasteiger charge is 2.31. The van der Waals surface area contributed by atoms with Crippen molar-refractivity contribution < 1.29 is 27.0 Å². The summed E-state index contributed by atoms with van der Waals surface area (Å²) in [6, 6.07) is 5.29. The average molecular weight is 465 g/mol. The van der Waals surface area contributed by atoms with Crippen LogP contribution in [0.4, 0.5) is 17.6 Å². The summed E-state index contributed by atoms with van der Waals surface area (Å²) in [6.07, 6.45) is 8.19. The molecule has 0 amide bonds. The van der Waals surface area contributed by atoms with Crippen LogP contribution in [0.25, 0.3) is 11.1 Å². The topological polar surface area (TPSA) is 18.5 Å². The third kappa shape index (κ3) is 5.96. The van der Waals surface area contributed by atoms with Gasteiger partial charge in [0.2, 0.25) is 0 Å². The first kappa shape index (κ1) is 24.2. The molecule has 2 nitrogen and oxygen atoms in total. The van der Waals surface area contributed by atoms with Gasteiger partial charge in [-0.1, -0.05) is 38.7 Å². The van der Waals surface area contributed by atoms with Crippen LogP contribution >= 0.6 is 0 Å². The van der Waals surface area contributed by atoms with Gasteiger partial charge in [-0.2, -0.15) is 0 Å². The molecule has 2 aromatic carbocycles. The van der Waals surface area contributed by atoms with Crippen molar-refractivity contribution in [3.8, 4) is 11.1 Å². The lowest BCUT2D eigenvalue weighted by Gasteiger charge is -2.37. The van der Waals surface area contributed by atoms with E-state index in [0.29, 0.717) is 43.5 Å². The Morgan fingerprint density at radius 3 is 2.03 bits per heavy atom.